The van der Waals surface area contributed by atoms with Gasteiger partial charge in [0.05, 0.1) is 24.2 Å². The highest BCUT2D eigenvalue weighted by molar-refractivity contribution is 5.78. The maximum absolute atomic E-state index is 13.4. The molecule has 5 rings (SSSR count). The van der Waals surface area contributed by atoms with Crippen LogP contribution < -0.4 is 0 Å². The molecule has 10 atom stereocenters. The van der Waals surface area contributed by atoms with E-state index in [2.05, 4.69) is 47.6 Å². The molecule has 5 aliphatic rings. The Morgan fingerprint density at radius 3 is 2.26 bits per heavy atom. The van der Waals surface area contributed by atoms with E-state index < -0.39 is 11.0 Å². The maximum Gasteiger partial charge on any atom is 0.312 e. The summed E-state index contributed by atoms with van der Waals surface area (Å²) in [4.78, 5) is 13.4. The Hall–Kier alpha value is -0.870. The zero-order valence-corrected chi connectivity index (χ0v) is 23.5. The fourth-order valence-electron chi connectivity index (χ4n) is 11.0. The van der Waals surface area contributed by atoms with Gasteiger partial charge in [0.15, 0.2) is 0 Å². The standard InChI is InChI=1S/C31H50O4/c1-19-24-20-9-10-22-27(4)13-12-23(32)26(2,3)21(27)11-14-29(22,6)28(20,5)15-17-31(24,25(33)35-8)18-16-30(19,7)34/h9,19,21-24,32,34H,10-18H2,1-8H3. The predicted molar refractivity (Wildman–Crippen MR) is 138 cm³/mol. The summed E-state index contributed by atoms with van der Waals surface area (Å²) in [7, 11) is 1.54. The van der Waals surface area contributed by atoms with Crippen molar-refractivity contribution in [3.63, 3.8) is 0 Å². The molecule has 198 valence electrons. The summed E-state index contributed by atoms with van der Waals surface area (Å²) >= 11 is 0. The molecule has 0 saturated heterocycles. The number of allylic oxidation sites excluding steroid dienone is 2. The third-order valence-electron chi connectivity index (χ3n) is 13.6. The average molecular weight is 487 g/mol. The molecule has 0 bridgehead atoms. The number of hydrogen-bond acceptors (Lipinski definition) is 4. The molecule has 0 aromatic carbocycles. The van der Waals surface area contributed by atoms with Gasteiger partial charge in [-0.25, -0.2) is 0 Å². The van der Waals surface area contributed by atoms with Gasteiger partial charge in [0.25, 0.3) is 0 Å². The zero-order chi connectivity index (χ0) is 25.8. The lowest BCUT2D eigenvalue weighted by Crippen LogP contribution is -2.66. The third-order valence-corrected chi connectivity index (χ3v) is 13.6. The number of aliphatic hydroxyl groups excluding tert-OH is 1. The molecule has 4 heteroatoms. The van der Waals surface area contributed by atoms with E-state index in [0.717, 1.165) is 38.5 Å². The van der Waals surface area contributed by atoms with Crippen molar-refractivity contribution in [2.24, 2.45) is 50.7 Å². The Kier molecular flexibility index (Phi) is 5.59. The van der Waals surface area contributed by atoms with E-state index in [0.29, 0.717) is 24.7 Å². The van der Waals surface area contributed by atoms with E-state index in [1.807, 2.05) is 6.92 Å². The monoisotopic (exact) mass is 486 g/mol. The number of aliphatic hydroxyl groups is 2. The molecular formula is C31H50O4. The first-order valence-corrected chi connectivity index (χ1v) is 14.3. The van der Waals surface area contributed by atoms with Gasteiger partial charge in [0.1, 0.15) is 0 Å². The number of carbonyl (C=O) groups excluding carboxylic acids is 1. The molecule has 0 aromatic heterocycles. The number of carbonyl (C=O) groups is 1. The first kappa shape index (κ1) is 25.8. The normalized spacial score (nSPS) is 54.9. The Balaban J connectivity index is 1.63. The van der Waals surface area contributed by atoms with E-state index >= 15 is 0 Å². The van der Waals surface area contributed by atoms with E-state index in [1.54, 1.807) is 0 Å². The van der Waals surface area contributed by atoms with Gasteiger partial charge in [0.2, 0.25) is 0 Å². The molecule has 5 aliphatic carbocycles. The molecule has 4 fully saturated rings. The van der Waals surface area contributed by atoms with Crippen LogP contribution in [0.4, 0.5) is 0 Å². The Bertz CT molecular complexity index is 934. The van der Waals surface area contributed by atoms with Crippen LogP contribution in [0.3, 0.4) is 0 Å². The second kappa shape index (κ2) is 7.59. The van der Waals surface area contributed by atoms with Gasteiger partial charge in [-0.3, -0.25) is 4.79 Å². The van der Waals surface area contributed by atoms with Gasteiger partial charge in [-0.15, -0.1) is 0 Å². The average Bonchev–Trinajstić information content (AvgIpc) is 2.79. The van der Waals surface area contributed by atoms with Crippen molar-refractivity contribution < 1.29 is 19.7 Å². The summed E-state index contributed by atoms with van der Waals surface area (Å²) in [5, 5.41) is 22.3. The number of methoxy groups -OCH3 is 1. The van der Waals surface area contributed by atoms with Crippen molar-refractivity contribution in [2.45, 2.75) is 118 Å². The van der Waals surface area contributed by atoms with Gasteiger partial charge in [-0.05, 0) is 104 Å². The number of rotatable bonds is 1. The van der Waals surface area contributed by atoms with E-state index in [-0.39, 0.29) is 45.6 Å². The van der Waals surface area contributed by atoms with Crippen LogP contribution in [0.15, 0.2) is 11.6 Å². The van der Waals surface area contributed by atoms with Crippen molar-refractivity contribution in [1.82, 2.24) is 0 Å². The maximum atomic E-state index is 13.4. The van der Waals surface area contributed by atoms with Crippen LogP contribution in [0.25, 0.3) is 0 Å². The van der Waals surface area contributed by atoms with Crippen LogP contribution >= 0.6 is 0 Å². The lowest BCUT2D eigenvalue weighted by atomic mass is 9.33. The molecule has 4 saturated carbocycles. The van der Waals surface area contributed by atoms with Crippen LogP contribution in [0.2, 0.25) is 0 Å². The van der Waals surface area contributed by atoms with Gasteiger partial charge >= 0.3 is 5.97 Å². The molecule has 0 spiro atoms. The lowest BCUT2D eigenvalue weighted by Gasteiger charge is -2.71. The zero-order valence-electron chi connectivity index (χ0n) is 23.5. The fourth-order valence-corrected chi connectivity index (χ4v) is 11.0. The topological polar surface area (TPSA) is 66.8 Å². The molecule has 0 heterocycles. The van der Waals surface area contributed by atoms with Crippen molar-refractivity contribution in [3.05, 3.63) is 11.6 Å². The molecule has 0 aromatic rings. The van der Waals surface area contributed by atoms with Crippen LogP contribution in [-0.4, -0.2) is 35.0 Å². The van der Waals surface area contributed by atoms with Crippen molar-refractivity contribution in [3.8, 4) is 0 Å². The molecule has 0 radical (unpaired) electrons. The minimum Gasteiger partial charge on any atom is -0.469 e. The highest BCUT2D eigenvalue weighted by Crippen LogP contribution is 2.76. The molecular weight excluding hydrogens is 436 g/mol. The summed E-state index contributed by atoms with van der Waals surface area (Å²) < 4.78 is 5.46. The molecule has 0 amide bonds. The largest absolute Gasteiger partial charge is 0.469 e. The van der Waals surface area contributed by atoms with E-state index in [9.17, 15) is 15.0 Å². The predicted octanol–water partition coefficient (Wildman–Crippen LogP) is 6.29. The molecule has 10 unspecified atom stereocenters. The summed E-state index contributed by atoms with van der Waals surface area (Å²) in [5.41, 5.74) is 0.469. The van der Waals surface area contributed by atoms with E-state index in [1.165, 1.54) is 19.1 Å². The fraction of sp³-hybridized carbons (Fsp3) is 0.903. The van der Waals surface area contributed by atoms with Gasteiger partial charge in [0, 0.05) is 5.92 Å². The minimum atomic E-state index is -0.772. The Labute approximate surface area is 213 Å². The van der Waals surface area contributed by atoms with Crippen LogP contribution in [0.5, 0.6) is 0 Å². The minimum absolute atomic E-state index is 0.00791. The summed E-state index contributed by atoms with van der Waals surface area (Å²) in [6.07, 6.45) is 10.9. The quantitative estimate of drug-likeness (QED) is 0.337. The Morgan fingerprint density at radius 2 is 1.60 bits per heavy atom. The SMILES string of the molecule is COC(=O)C12CCC(C)(O)C(C)C1C1=CCC3C4(C)CCC(O)C(C)(C)C4CCC3(C)C1(C)CC2. The van der Waals surface area contributed by atoms with Gasteiger partial charge < -0.3 is 14.9 Å². The van der Waals surface area contributed by atoms with Gasteiger partial charge in [-0.1, -0.05) is 53.2 Å². The summed E-state index contributed by atoms with van der Waals surface area (Å²) in [5.74, 6) is 1.07. The molecule has 35 heavy (non-hydrogen) atoms. The molecule has 0 aliphatic heterocycles. The highest BCUT2D eigenvalue weighted by Gasteiger charge is 2.70. The van der Waals surface area contributed by atoms with Crippen molar-refractivity contribution in [1.29, 1.82) is 0 Å². The lowest BCUT2D eigenvalue weighted by molar-refractivity contribution is -0.212. The number of hydrogen-bond donors (Lipinski definition) is 2. The van der Waals surface area contributed by atoms with Crippen LogP contribution in [0.1, 0.15) is 106 Å². The van der Waals surface area contributed by atoms with Crippen LogP contribution in [-0.2, 0) is 9.53 Å². The molecule has 4 nitrogen and oxygen atoms in total. The summed E-state index contributed by atoms with van der Waals surface area (Å²) in [6, 6.07) is 0. The summed E-state index contributed by atoms with van der Waals surface area (Å²) in [6.45, 7) is 16.3. The first-order valence-electron chi connectivity index (χ1n) is 14.3. The molecule has 2 N–H and O–H groups in total. The number of ether oxygens (including phenoxy) is 1. The second-order valence-corrected chi connectivity index (χ2v) is 14.9. The first-order chi connectivity index (χ1) is 16.1. The van der Waals surface area contributed by atoms with Gasteiger partial charge in [-0.2, -0.15) is 0 Å². The highest BCUT2D eigenvalue weighted by atomic mass is 16.5. The van der Waals surface area contributed by atoms with Crippen molar-refractivity contribution in [2.75, 3.05) is 7.11 Å². The Morgan fingerprint density at radius 1 is 0.943 bits per heavy atom. The number of esters is 1. The number of fused-ring (bicyclic) bond motifs is 7. The van der Waals surface area contributed by atoms with Crippen molar-refractivity contribution >= 4 is 5.97 Å². The van der Waals surface area contributed by atoms with Crippen LogP contribution in [0, 0.1) is 50.7 Å². The second-order valence-electron chi connectivity index (χ2n) is 14.9. The third kappa shape index (κ3) is 3.02. The van der Waals surface area contributed by atoms with E-state index in [4.69, 9.17) is 4.74 Å². The smallest absolute Gasteiger partial charge is 0.312 e.